The Labute approximate surface area is 101 Å². The lowest BCUT2D eigenvalue weighted by molar-refractivity contribution is -0.124. The molecule has 1 aromatic rings. The zero-order valence-corrected chi connectivity index (χ0v) is 10.3. The lowest BCUT2D eigenvalue weighted by Gasteiger charge is -2.23. The summed E-state index contributed by atoms with van der Waals surface area (Å²) in [7, 11) is 0. The summed E-state index contributed by atoms with van der Waals surface area (Å²) in [6.45, 7) is 3.63. The Morgan fingerprint density at radius 3 is 2.82 bits per heavy atom. The van der Waals surface area contributed by atoms with Gasteiger partial charge in [-0.25, -0.2) is 0 Å². The molecule has 0 saturated carbocycles. The third kappa shape index (κ3) is 2.38. The van der Waals surface area contributed by atoms with Gasteiger partial charge in [0.1, 0.15) is 5.78 Å². The largest absolute Gasteiger partial charge is 0.305 e. The predicted molar refractivity (Wildman–Crippen MR) is 67.0 cm³/mol. The number of hydrogen-bond acceptors (Lipinski definition) is 2. The highest BCUT2D eigenvalue weighted by atomic mass is 16.2. The van der Waals surface area contributed by atoms with E-state index in [9.17, 15) is 9.59 Å². The van der Waals surface area contributed by atoms with Gasteiger partial charge in [0.05, 0.1) is 6.54 Å². The van der Waals surface area contributed by atoms with E-state index < -0.39 is 0 Å². The topological polar surface area (TPSA) is 37.4 Å². The second-order valence-corrected chi connectivity index (χ2v) is 4.69. The van der Waals surface area contributed by atoms with Crippen LogP contribution in [0.2, 0.25) is 0 Å². The first-order valence-corrected chi connectivity index (χ1v) is 5.98. The van der Waals surface area contributed by atoms with Gasteiger partial charge in [-0.05, 0) is 31.4 Å². The van der Waals surface area contributed by atoms with Crippen LogP contribution in [0.4, 0.5) is 5.69 Å². The van der Waals surface area contributed by atoms with Gasteiger partial charge in [0.25, 0.3) is 0 Å². The van der Waals surface area contributed by atoms with Gasteiger partial charge < -0.3 is 4.90 Å². The fourth-order valence-corrected chi connectivity index (χ4v) is 2.25. The normalized spacial score (nSPS) is 19.8. The molecule has 0 saturated heterocycles. The molecule has 1 amide bonds. The van der Waals surface area contributed by atoms with Crippen molar-refractivity contribution in [1.82, 2.24) is 0 Å². The molecule has 0 radical (unpaired) electrons. The van der Waals surface area contributed by atoms with Crippen LogP contribution in [0.25, 0.3) is 0 Å². The van der Waals surface area contributed by atoms with Crippen LogP contribution in [0.5, 0.6) is 0 Å². The Bertz CT molecular complexity index is 453. The van der Waals surface area contributed by atoms with Crippen molar-refractivity contribution in [3.05, 3.63) is 29.8 Å². The number of fused-ring (bicyclic) bond motifs is 1. The van der Waals surface area contributed by atoms with Gasteiger partial charge in [-0.15, -0.1) is 0 Å². The van der Waals surface area contributed by atoms with Crippen molar-refractivity contribution < 1.29 is 9.59 Å². The molecule has 1 aromatic carbocycles. The van der Waals surface area contributed by atoms with Crippen LogP contribution in [0.15, 0.2) is 24.3 Å². The Morgan fingerprint density at radius 2 is 2.12 bits per heavy atom. The van der Waals surface area contributed by atoms with Crippen LogP contribution in [0.3, 0.4) is 0 Å². The summed E-state index contributed by atoms with van der Waals surface area (Å²) >= 11 is 0. The highest BCUT2D eigenvalue weighted by molar-refractivity contribution is 6.00. The summed E-state index contributed by atoms with van der Waals surface area (Å²) in [5, 5.41) is 0. The number of ketones is 1. The molecule has 1 aliphatic heterocycles. The summed E-state index contributed by atoms with van der Waals surface area (Å²) < 4.78 is 0. The molecule has 1 heterocycles. The maximum absolute atomic E-state index is 12.2. The molecule has 1 unspecified atom stereocenters. The standard InChI is InChI=1S/C14H17NO2/c1-10-7-8-12-5-3-4-6-13(12)15(14(10)17)9-11(2)16/h3-6,10H,7-9H2,1-2H3. The van der Waals surface area contributed by atoms with Crippen LogP contribution in [-0.2, 0) is 16.0 Å². The molecule has 0 aliphatic carbocycles. The molecule has 0 aromatic heterocycles. The maximum Gasteiger partial charge on any atom is 0.230 e. The number of aryl methyl sites for hydroxylation is 1. The summed E-state index contributed by atoms with van der Waals surface area (Å²) in [6.07, 6.45) is 1.75. The van der Waals surface area contributed by atoms with Gasteiger partial charge in [-0.2, -0.15) is 0 Å². The van der Waals surface area contributed by atoms with Gasteiger partial charge in [0.2, 0.25) is 5.91 Å². The van der Waals surface area contributed by atoms with Gasteiger partial charge in [0, 0.05) is 11.6 Å². The fraction of sp³-hybridized carbons (Fsp3) is 0.429. The van der Waals surface area contributed by atoms with E-state index in [1.54, 1.807) is 4.90 Å². The number of anilines is 1. The summed E-state index contributed by atoms with van der Waals surface area (Å²) in [4.78, 5) is 25.1. The Balaban J connectivity index is 2.43. The SMILES string of the molecule is CC(=O)CN1C(=O)C(C)CCc2ccccc21. The van der Waals surface area contributed by atoms with Crippen molar-refractivity contribution in [2.24, 2.45) is 5.92 Å². The molecular weight excluding hydrogens is 214 g/mol. The molecule has 1 aliphatic rings. The van der Waals surface area contributed by atoms with Gasteiger partial charge in [-0.3, -0.25) is 9.59 Å². The first-order valence-electron chi connectivity index (χ1n) is 5.98. The van der Waals surface area contributed by atoms with Crippen LogP contribution in [0.1, 0.15) is 25.8 Å². The zero-order chi connectivity index (χ0) is 12.4. The number of nitrogens with zero attached hydrogens (tertiary/aromatic N) is 1. The van der Waals surface area contributed by atoms with E-state index in [4.69, 9.17) is 0 Å². The van der Waals surface area contributed by atoms with E-state index in [0.717, 1.165) is 24.1 Å². The Hall–Kier alpha value is -1.64. The van der Waals surface area contributed by atoms with Crippen molar-refractivity contribution in [2.45, 2.75) is 26.7 Å². The van der Waals surface area contributed by atoms with Crippen molar-refractivity contribution in [3.63, 3.8) is 0 Å². The molecule has 1 atom stereocenters. The van der Waals surface area contributed by atoms with Gasteiger partial charge in [0.15, 0.2) is 0 Å². The Morgan fingerprint density at radius 1 is 1.41 bits per heavy atom. The maximum atomic E-state index is 12.2. The molecule has 0 fully saturated rings. The number of para-hydroxylation sites is 1. The average molecular weight is 231 g/mol. The van der Waals surface area contributed by atoms with Crippen LogP contribution in [0, 0.1) is 5.92 Å². The minimum atomic E-state index is -0.0123. The van der Waals surface area contributed by atoms with E-state index in [2.05, 4.69) is 0 Å². The van der Waals surface area contributed by atoms with Crippen LogP contribution >= 0.6 is 0 Å². The smallest absolute Gasteiger partial charge is 0.230 e. The van der Waals surface area contributed by atoms with Crippen molar-refractivity contribution in [1.29, 1.82) is 0 Å². The highest BCUT2D eigenvalue weighted by Crippen LogP contribution is 2.28. The van der Waals surface area contributed by atoms with Crippen molar-refractivity contribution in [2.75, 3.05) is 11.4 Å². The summed E-state index contributed by atoms with van der Waals surface area (Å²) in [6, 6.07) is 7.85. The second-order valence-electron chi connectivity index (χ2n) is 4.69. The van der Waals surface area contributed by atoms with Crippen molar-refractivity contribution in [3.8, 4) is 0 Å². The molecule has 0 spiro atoms. The number of carbonyl (C=O) groups excluding carboxylic acids is 2. The number of carbonyl (C=O) groups is 2. The zero-order valence-electron chi connectivity index (χ0n) is 10.3. The third-order valence-corrected chi connectivity index (χ3v) is 3.20. The number of rotatable bonds is 2. The molecule has 3 heteroatoms. The van der Waals surface area contributed by atoms with E-state index in [1.807, 2.05) is 31.2 Å². The molecule has 0 bridgehead atoms. The lowest BCUT2D eigenvalue weighted by atomic mass is 10.0. The van der Waals surface area contributed by atoms with E-state index in [1.165, 1.54) is 6.92 Å². The average Bonchev–Trinajstić information content (AvgIpc) is 2.42. The molecule has 17 heavy (non-hydrogen) atoms. The van der Waals surface area contributed by atoms with E-state index >= 15 is 0 Å². The minimum absolute atomic E-state index is 0.0123. The van der Waals surface area contributed by atoms with Gasteiger partial charge >= 0.3 is 0 Å². The number of benzene rings is 1. The second kappa shape index (κ2) is 4.70. The molecule has 0 N–H and O–H groups in total. The Kier molecular flexibility index (Phi) is 3.27. The highest BCUT2D eigenvalue weighted by Gasteiger charge is 2.27. The summed E-state index contributed by atoms with van der Waals surface area (Å²) in [5.41, 5.74) is 2.06. The first kappa shape index (κ1) is 11.8. The summed E-state index contributed by atoms with van der Waals surface area (Å²) in [5.74, 6) is 0.0640. The number of hydrogen-bond donors (Lipinski definition) is 0. The molecule has 2 rings (SSSR count). The van der Waals surface area contributed by atoms with E-state index in [-0.39, 0.29) is 24.2 Å². The van der Waals surface area contributed by atoms with E-state index in [0.29, 0.717) is 0 Å². The number of Topliss-reactive ketones (excluding diaryl/α,β-unsaturated/α-hetero) is 1. The fourth-order valence-electron chi connectivity index (χ4n) is 2.25. The molecule has 90 valence electrons. The van der Waals surface area contributed by atoms with Crippen LogP contribution < -0.4 is 4.90 Å². The molecular formula is C14H17NO2. The predicted octanol–water partition coefficient (Wildman–Crippen LogP) is 2.19. The van der Waals surface area contributed by atoms with Gasteiger partial charge in [-0.1, -0.05) is 25.1 Å². The third-order valence-electron chi connectivity index (χ3n) is 3.20. The van der Waals surface area contributed by atoms with Crippen LogP contribution in [-0.4, -0.2) is 18.2 Å². The minimum Gasteiger partial charge on any atom is -0.305 e. The quantitative estimate of drug-likeness (QED) is 0.782. The monoisotopic (exact) mass is 231 g/mol. The lowest BCUT2D eigenvalue weighted by Crippen LogP contribution is -2.37. The van der Waals surface area contributed by atoms with Crippen molar-refractivity contribution >= 4 is 17.4 Å². The number of amides is 1. The molecule has 3 nitrogen and oxygen atoms in total. The first-order chi connectivity index (χ1) is 8.09.